The Balaban J connectivity index is 1.50. The minimum absolute atomic E-state index is 0.0175. The fraction of sp³-hybridized carbons (Fsp3) is 0.0833. The fourth-order valence-corrected chi connectivity index (χ4v) is 5.44. The number of para-hydroxylation sites is 2. The zero-order chi connectivity index (χ0) is 23.9. The standard InChI is InChI=1S/C24H18N2O6S2/c1-30-16-8-10-17(11-9-16)34(28,29)32-20-12-7-15(13-21(20)31-2)14-22-23(27)26-19-6-4-3-5-18(19)25-24(26)33-22/h3-14H,1-2H3/b22-14-. The molecule has 3 aromatic carbocycles. The van der Waals surface area contributed by atoms with Crippen LogP contribution < -0.4 is 23.7 Å². The Kier molecular flexibility index (Phi) is 5.46. The maximum atomic E-state index is 13.0. The van der Waals surface area contributed by atoms with E-state index >= 15 is 0 Å². The van der Waals surface area contributed by atoms with Gasteiger partial charge in [0.2, 0.25) is 0 Å². The lowest BCUT2D eigenvalue weighted by Gasteiger charge is -2.11. The summed E-state index contributed by atoms with van der Waals surface area (Å²) in [6.45, 7) is 0. The summed E-state index contributed by atoms with van der Waals surface area (Å²) in [5.74, 6) is 0.776. The molecule has 0 radical (unpaired) electrons. The minimum atomic E-state index is -4.09. The van der Waals surface area contributed by atoms with Crippen LogP contribution in [0.25, 0.3) is 22.1 Å². The van der Waals surface area contributed by atoms with Crippen molar-refractivity contribution in [2.45, 2.75) is 4.90 Å². The Morgan fingerprint density at radius 2 is 1.71 bits per heavy atom. The molecular weight excluding hydrogens is 476 g/mol. The molecule has 0 aliphatic heterocycles. The van der Waals surface area contributed by atoms with E-state index in [0.717, 1.165) is 11.0 Å². The largest absolute Gasteiger partial charge is 0.497 e. The van der Waals surface area contributed by atoms with Crippen LogP contribution in [0, 0.1) is 0 Å². The third-order valence-electron chi connectivity index (χ3n) is 5.18. The summed E-state index contributed by atoms with van der Waals surface area (Å²) in [7, 11) is -1.18. The molecule has 5 rings (SSSR count). The summed E-state index contributed by atoms with van der Waals surface area (Å²) >= 11 is 1.28. The van der Waals surface area contributed by atoms with Crippen LogP contribution in [0.5, 0.6) is 17.2 Å². The van der Waals surface area contributed by atoms with Crippen LogP contribution in [-0.2, 0) is 10.1 Å². The molecule has 34 heavy (non-hydrogen) atoms. The third-order valence-corrected chi connectivity index (χ3v) is 7.40. The van der Waals surface area contributed by atoms with Gasteiger partial charge in [0.15, 0.2) is 16.5 Å². The Hall–Kier alpha value is -3.89. The van der Waals surface area contributed by atoms with Crippen molar-refractivity contribution in [1.29, 1.82) is 0 Å². The van der Waals surface area contributed by atoms with E-state index in [1.807, 2.05) is 24.3 Å². The lowest BCUT2D eigenvalue weighted by Crippen LogP contribution is -2.22. The zero-order valence-corrected chi connectivity index (χ0v) is 19.7. The molecule has 0 atom stereocenters. The summed E-state index contributed by atoms with van der Waals surface area (Å²) in [4.78, 5) is 18.1. The second kappa shape index (κ2) is 8.47. The predicted molar refractivity (Wildman–Crippen MR) is 129 cm³/mol. The molecule has 2 aromatic heterocycles. The number of nitrogens with zero attached hydrogens (tertiary/aromatic N) is 2. The molecule has 8 nitrogen and oxygen atoms in total. The van der Waals surface area contributed by atoms with Gasteiger partial charge in [-0.1, -0.05) is 29.5 Å². The first-order valence-corrected chi connectivity index (χ1v) is 12.3. The highest BCUT2D eigenvalue weighted by Gasteiger charge is 2.19. The number of aromatic nitrogens is 2. The maximum Gasteiger partial charge on any atom is 0.339 e. The molecule has 5 aromatic rings. The van der Waals surface area contributed by atoms with Crippen LogP contribution in [0.3, 0.4) is 0 Å². The Morgan fingerprint density at radius 3 is 2.44 bits per heavy atom. The highest BCUT2D eigenvalue weighted by Crippen LogP contribution is 2.31. The van der Waals surface area contributed by atoms with Crippen molar-refractivity contribution in [3.05, 3.63) is 87.2 Å². The number of rotatable bonds is 6. The topological polar surface area (TPSA) is 96.2 Å². The summed E-state index contributed by atoms with van der Waals surface area (Å²) < 4.78 is 43.2. The van der Waals surface area contributed by atoms with Gasteiger partial charge < -0.3 is 13.7 Å². The van der Waals surface area contributed by atoms with Crippen LogP contribution in [0.2, 0.25) is 0 Å². The number of ether oxygens (including phenoxy) is 2. The van der Waals surface area contributed by atoms with Gasteiger partial charge >= 0.3 is 10.1 Å². The van der Waals surface area contributed by atoms with Gasteiger partial charge in [-0.15, -0.1) is 0 Å². The summed E-state index contributed by atoms with van der Waals surface area (Å²) in [5, 5.41) is 0. The molecular formula is C24H18N2O6S2. The molecule has 0 unspecified atom stereocenters. The van der Waals surface area contributed by atoms with Crippen LogP contribution in [0.15, 0.2) is 76.4 Å². The Labute approximate surface area is 198 Å². The van der Waals surface area contributed by atoms with Crippen LogP contribution >= 0.6 is 11.3 Å². The van der Waals surface area contributed by atoms with Crippen molar-refractivity contribution in [2.24, 2.45) is 0 Å². The van der Waals surface area contributed by atoms with E-state index in [-0.39, 0.29) is 22.0 Å². The van der Waals surface area contributed by atoms with E-state index in [1.54, 1.807) is 22.6 Å². The van der Waals surface area contributed by atoms with Crippen LogP contribution in [0.1, 0.15) is 5.56 Å². The third kappa shape index (κ3) is 3.87. The number of benzene rings is 3. The van der Waals surface area contributed by atoms with E-state index in [9.17, 15) is 13.2 Å². The summed E-state index contributed by atoms with van der Waals surface area (Å²) in [6.07, 6.45) is 1.71. The zero-order valence-electron chi connectivity index (χ0n) is 18.1. The number of methoxy groups -OCH3 is 2. The molecule has 0 spiro atoms. The van der Waals surface area contributed by atoms with E-state index in [2.05, 4.69) is 4.98 Å². The van der Waals surface area contributed by atoms with E-state index in [0.29, 0.717) is 20.8 Å². The fourth-order valence-electron chi connectivity index (χ4n) is 3.51. The molecule has 0 amide bonds. The molecule has 0 saturated heterocycles. The average molecular weight is 495 g/mol. The molecule has 0 aliphatic carbocycles. The lowest BCUT2D eigenvalue weighted by atomic mass is 10.2. The predicted octanol–water partition coefficient (Wildman–Crippen LogP) is 3.24. The molecule has 172 valence electrons. The number of thiazole rings is 1. The Morgan fingerprint density at radius 1 is 0.941 bits per heavy atom. The highest BCUT2D eigenvalue weighted by molar-refractivity contribution is 7.87. The van der Waals surface area contributed by atoms with Crippen LogP contribution in [0.4, 0.5) is 0 Å². The number of hydrogen-bond donors (Lipinski definition) is 0. The van der Waals surface area contributed by atoms with Crippen molar-refractivity contribution >= 4 is 43.5 Å². The Bertz CT molecular complexity index is 1740. The van der Waals surface area contributed by atoms with E-state index < -0.39 is 10.1 Å². The minimum Gasteiger partial charge on any atom is -0.497 e. The molecule has 2 heterocycles. The SMILES string of the molecule is COc1ccc(S(=O)(=O)Oc2ccc(/C=c3\sc4nc5ccccc5n4c3=O)cc2OC)cc1. The summed E-state index contributed by atoms with van der Waals surface area (Å²) in [5.41, 5.74) is 1.99. The molecule has 0 saturated carbocycles. The van der Waals surface area contributed by atoms with Gasteiger partial charge in [-0.3, -0.25) is 4.79 Å². The summed E-state index contributed by atoms with van der Waals surface area (Å²) in [6, 6.07) is 18.1. The first kappa shape index (κ1) is 21.9. The lowest BCUT2D eigenvalue weighted by molar-refractivity contribution is 0.390. The van der Waals surface area contributed by atoms with Crippen molar-refractivity contribution in [3.63, 3.8) is 0 Å². The van der Waals surface area contributed by atoms with Gasteiger partial charge in [-0.25, -0.2) is 9.38 Å². The van der Waals surface area contributed by atoms with Gasteiger partial charge in [0.05, 0.1) is 29.8 Å². The first-order chi connectivity index (χ1) is 16.4. The monoisotopic (exact) mass is 494 g/mol. The molecule has 0 N–H and O–H groups in total. The van der Waals surface area contributed by atoms with Gasteiger partial charge in [-0.2, -0.15) is 8.42 Å². The van der Waals surface area contributed by atoms with E-state index in [1.165, 1.54) is 55.9 Å². The molecule has 0 aliphatic rings. The quantitative estimate of drug-likeness (QED) is 0.334. The van der Waals surface area contributed by atoms with Gasteiger partial charge in [0.25, 0.3) is 5.56 Å². The van der Waals surface area contributed by atoms with E-state index in [4.69, 9.17) is 13.7 Å². The van der Waals surface area contributed by atoms with Crippen molar-refractivity contribution < 1.29 is 22.1 Å². The number of fused-ring (bicyclic) bond motifs is 3. The first-order valence-electron chi connectivity index (χ1n) is 10.1. The van der Waals surface area contributed by atoms with Gasteiger partial charge in [-0.05, 0) is 60.2 Å². The second-order valence-electron chi connectivity index (χ2n) is 7.26. The molecule has 0 bridgehead atoms. The molecule has 10 heteroatoms. The number of imidazole rings is 1. The second-order valence-corrected chi connectivity index (χ2v) is 9.81. The maximum absolute atomic E-state index is 13.0. The average Bonchev–Trinajstić information content (AvgIpc) is 3.35. The smallest absolute Gasteiger partial charge is 0.339 e. The van der Waals surface area contributed by atoms with Crippen molar-refractivity contribution in [1.82, 2.24) is 9.38 Å². The normalized spacial score (nSPS) is 12.4. The van der Waals surface area contributed by atoms with Gasteiger partial charge in [0, 0.05) is 0 Å². The van der Waals surface area contributed by atoms with Crippen LogP contribution in [-0.4, -0.2) is 32.0 Å². The van der Waals surface area contributed by atoms with Crippen molar-refractivity contribution in [2.75, 3.05) is 14.2 Å². The molecule has 0 fully saturated rings. The van der Waals surface area contributed by atoms with Gasteiger partial charge in [0.1, 0.15) is 10.6 Å². The van der Waals surface area contributed by atoms with Crippen molar-refractivity contribution in [3.8, 4) is 17.2 Å². The highest BCUT2D eigenvalue weighted by atomic mass is 32.2. The number of hydrogen-bond acceptors (Lipinski definition) is 8.